The van der Waals surface area contributed by atoms with Gasteiger partial charge in [0.25, 0.3) is 0 Å². The van der Waals surface area contributed by atoms with Crippen molar-refractivity contribution in [2.75, 3.05) is 0 Å². The van der Waals surface area contributed by atoms with Gasteiger partial charge in [0, 0.05) is 12.4 Å². The second-order valence-corrected chi connectivity index (χ2v) is 13.5. The fourth-order valence-electron chi connectivity index (χ4n) is 4.49. The van der Waals surface area contributed by atoms with Gasteiger partial charge < -0.3 is 4.55 Å². The van der Waals surface area contributed by atoms with Crippen LogP contribution < -0.4 is 0 Å². The Hall–Kier alpha value is -3.70. The average Bonchev–Trinajstić information content (AvgIpc) is 3.02. The Balaban J connectivity index is 0.000000397. The van der Waals surface area contributed by atoms with Crippen LogP contribution in [0.3, 0.4) is 0 Å². The maximum atomic E-state index is 10.7. The number of aromatic nitrogens is 2. The quantitative estimate of drug-likeness (QED) is 0.0772. The predicted octanol–water partition coefficient (Wildman–Crippen LogP) is 10.2. The molecule has 268 valence electrons. The van der Waals surface area contributed by atoms with E-state index in [4.69, 9.17) is 23.0 Å². The van der Waals surface area contributed by atoms with Crippen molar-refractivity contribution in [1.29, 1.82) is 0 Å². The molecule has 0 radical (unpaired) electrons. The van der Waals surface area contributed by atoms with Crippen LogP contribution in [-0.4, -0.2) is 40.9 Å². The molecule has 0 aliphatic heterocycles. The molecule has 0 aliphatic rings. The van der Waals surface area contributed by atoms with Crippen molar-refractivity contribution >= 4 is 33.9 Å². The van der Waals surface area contributed by atoms with E-state index >= 15 is 0 Å². The van der Waals surface area contributed by atoms with Gasteiger partial charge in [-0.15, -0.1) is 0 Å². The fourth-order valence-corrected chi connectivity index (χ4v) is 4.49. The van der Waals surface area contributed by atoms with Gasteiger partial charge in [0.05, 0.1) is 35.2 Å². The number of alkyl halides is 3. The standard InChI is InChI=1S/2C18H22N2.CHF3O3S.Cu/c2*1-13(2)16-9-7-10-17(14(3)4)18(16)20-12-15-8-5-6-11-19-15;2-1(3,4)8(5,6)7;/h2*5-14H,1-4H3;(H,5,6,7);/q;;;+1/p-1. The minimum atomic E-state index is -6.09. The fraction of sp³-hybridized carbons (Fsp3) is 0.351. The summed E-state index contributed by atoms with van der Waals surface area (Å²) in [6, 6.07) is 24.7. The molecule has 0 bridgehead atoms. The van der Waals surface area contributed by atoms with Crippen molar-refractivity contribution in [1.82, 2.24) is 9.97 Å². The molecule has 0 N–H and O–H groups in total. The largest absolute Gasteiger partial charge is 1.00 e. The van der Waals surface area contributed by atoms with Gasteiger partial charge in [0.2, 0.25) is 0 Å². The smallest absolute Gasteiger partial charge is 0.741 e. The molecule has 4 rings (SSSR count). The monoisotopic (exact) mass is 744 g/mol. The molecule has 0 spiro atoms. The van der Waals surface area contributed by atoms with E-state index < -0.39 is 15.6 Å². The molecule has 2 aromatic carbocycles. The van der Waals surface area contributed by atoms with E-state index in [1.54, 1.807) is 12.4 Å². The summed E-state index contributed by atoms with van der Waals surface area (Å²) >= 11 is 0. The third kappa shape index (κ3) is 14.0. The van der Waals surface area contributed by atoms with Crippen molar-refractivity contribution in [2.24, 2.45) is 9.98 Å². The predicted molar refractivity (Wildman–Crippen MR) is 188 cm³/mol. The van der Waals surface area contributed by atoms with Crippen LogP contribution in [0, 0.1) is 0 Å². The second-order valence-electron chi connectivity index (χ2n) is 12.1. The zero-order chi connectivity index (χ0) is 36.1. The third-order valence-corrected chi connectivity index (χ3v) is 7.56. The van der Waals surface area contributed by atoms with Crippen LogP contribution in [0.5, 0.6) is 0 Å². The molecule has 0 aliphatic carbocycles. The summed E-state index contributed by atoms with van der Waals surface area (Å²) in [7, 11) is -6.09. The minimum absolute atomic E-state index is 0. The van der Waals surface area contributed by atoms with E-state index in [0.29, 0.717) is 23.7 Å². The Morgan fingerprint density at radius 3 is 1.08 bits per heavy atom. The summed E-state index contributed by atoms with van der Waals surface area (Å²) in [6.45, 7) is 17.7. The topological polar surface area (TPSA) is 108 Å². The molecule has 49 heavy (non-hydrogen) atoms. The molecule has 12 heteroatoms. The summed E-state index contributed by atoms with van der Waals surface area (Å²) in [6.07, 6.45) is 7.29. The van der Waals surface area contributed by atoms with Crippen molar-refractivity contribution in [3.63, 3.8) is 0 Å². The van der Waals surface area contributed by atoms with Crippen LogP contribution in [0.15, 0.2) is 95.2 Å². The SMILES string of the molecule is CC(C)c1cccc(C(C)C)c1N=Cc1ccccn1.CC(C)c1cccc(C(C)C)c1N=Cc1ccccn1.O=S(=O)([O-])C(F)(F)F.[Cu+]. The Morgan fingerprint density at radius 2 is 0.878 bits per heavy atom. The van der Waals surface area contributed by atoms with Gasteiger partial charge in [0.1, 0.15) is 0 Å². The van der Waals surface area contributed by atoms with Crippen LogP contribution in [0.25, 0.3) is 0 Å². The number of pyridine rings is 2. The minimum Gasteiger partial charge on any atom is -0.741 e. The first-order valence-electron chi connectivity index (χ1n) is 15.6. The Labute approximate surface area is 299 Å². The van der Waals surface area contributed by atoms with Crippen LogP contribution in [0.2, 0.25) is 0 Å². The zero-order valence-electron chi connectivity index (χ0n) is 28.9. The number of rotatable bonds is 8. The van der Waals surface area contributed by atoms with Crippen LogP contribution >= 0.6 is 0 Å². The van der Waals surface area contributed by atoms with E-state index in [1.807, 2.05) is 48.8 Å². The summed E-state index contributed by atoms with van der Waals surface area (Å²) in [5.74, 6) is 1.85. The average molecular weight is 745 g/mol. The van der Waals surface area contributed by atoms with E-state index in [0.717, 1.165) is 22.8 Å². The molecule has 0 saturated carbocycles. The van der Waals surface area contributed by atoms with E-state index in [1.165, 1.54) is 22.3 Å². The molecule has 0 amide bonds. The van der Waals surface area contributed by atoms with Crippen molar-refractivity contribution in [3.05, 3.63) is 119 Å². The molecule has 0 fully saturated rings. The zero-order valence-corrected chi connectivity index (χ0v) is 30.7. The first-order chi connectivity index (χ1) is 22.4. The number of hydrogen-bond donors (Lipinski definition) is 0. The molecule has 2 aromatic heterocycles. The molecule has 2 heterocycles. The van der Waals surface area contributed by atoms with Gasteiger partial charge in [-0.25, -0.2) is 8.42 Å². The van der Waals surface area contributed by atoms with Gasteiger partial charge in [-0.3, -0.25) is 20.0 Å². The van der Waals surface area contributed by atoms with Crippen LogP contribution in [0.1, 0.15) is 113 Å². The number of aliphatic imine (C=N–C) groups is 2. The molecule has 0 saturated heterocycles. The van der Waals surface area contributed by atoms with Gasteiger partial charge in [-0.2, -0.15) is 13.2 Å². The first-order valence-corrected chi connectivity index (χ1v) is 17.0. The van der Waals surface area contributed by atoms with Crippen LogP contribution in [-0.2, 0) is 27.2 Å². The molecule has 4 aromatic rings. The number of para-hydroxylation sites is 2. The molecule has 0 atom stereocenters. The summed E-state index contributed by atoms with van der Waals surface area (Å²) in [5, 5.41) is 0. The van der Waals surface area contributed by atoms with Gasteiger partial charge in [0.15, 0.2) is 10.1 Å². The number of hydrogen-bond acceptors (Lipinski definition) is 7. The number of benzene rings is 2. The third-order valence-electron chi connectivity index (χ3n) is 7.00. The number of halogens is 3. The molecule has 7 nitrogen and oxygen atoms in total. The maximum Gasteiger partial charge on any atom is 1.00 e. The first kappa shape index (κ1) is 43.3. The van der Waals surface area contributed by atoms with Crippen molar-refractivity contribution in [2.45, 2.75) is 84.6 Å². The summed E-state index contributed by atoms with van der Waals surface area (Å²) in [4.78, 5) is 18.0. The Morgan fingerprint density at radius 1 is 0.592 bits per heavy atom. The summed E-state index contributed by atoms with van der Waals surface area (Å²) < 4.78 is 58.9. The summed E-state index contributed by atoms with van der Waals surface area (Å²) in [5.41, 5.74) is 3.51. The second kappa shape index (κ2) is 20.1. The van der Waals surface area contributed by atoms with Gasteiger partial charge in [-0.05, 0) is 70.2 Å². The van der Waals surface area contributed by atoms with E-state index in [2.05, 4.69) is 102 Å². The van der Waals surface area contributed by atoms with E-state index in [-0.39, 0.29) is 17.1 Å². The Bertz CT molecular complexity index is 1580. The molecular weight excluding hydrogens is 701 g/mol. The Kier molecular flexibility index (Phi) is 17.8. The normalized spacial score (nSPS) is 11.8. The van der Waals surface area contributed by atoms with Gasteiger partial charge >= 0.3 is 22.6 Å². The van der Waals surface area contributed by atoms with Crippen molar-refractivity contribution < 1.29 is 43.2 Å². The van der Waals surface area contributed by atoms with E-state index in [9.17, 15) is 13.2 Å². The van der Waals surface area contributed by atoms with Crippen molar-refractivity contribution in [3.8, 4) is 0 Å². The van der Waals surface area contributed by atoms with Gasteiger partial charge in [-0.1, -0.05) is 104 Å². The maximum absolute atomic E-state index is 10.7. The number of nitrogens with zero attached hydrogens (tertiary/aromatic N) is 4. The molecule has 0 unspecified atom stereocenters. The van der Waals surface area contributed by atoms with Crippen LogP contribution in [0.4, 0.5) is 24.5 Å². The molecular formula is C37H44CuF3N4O3S.